The van der Waals surface area contributed by atoms with E-state index in [4.69, 9.17) is 9.15 Å². The molecule has 0 amide bonds. The highest BCUT2D eigenvalue weighted by Crippen LogP contribution is 2.14. The average Bonchev–Trinajstić information content (AvgIpc) is 3.03. The smallest absolute Gasteiger partial charge is 0.208 e. The van der Waals surface area contributed by atoms with Gasteiger partial charge in [-0.1, -0.05) is 6.92 Å². The van der Waals surface area contributed by atoms with Crippen LogP contribution in [0.3, 0.4) is 0 Å². The van der Waals surface area contributed by atoms with Gasteiger partial charge in [0, 0.05) is 39.3 Å². The van der Waals surface area contributed by atoms with Gasteiger partial charge in [-0.25, -0.2) is 4.98 Å². The van der Waals surface area contributed by atoms with Crippen LogP contribution in [-0.2, 0) is 17.7 Å². The Hall–Kier alpha value is -1.99. The van der Waals surface area contributed by atoms with E-state index in [0.717, 1.165) is 56.7 Å². The van der Waals surface area contributed by atoms with Crippen LogP contribution in [-0.4, -0.2) is 59.5 Å². The second-order valence-corrected chi connectivity index (χ2v) is 5.76. The molecule has 7 nitrogen and oxygen atoms in total. The van der Waals surface area contributed by atoms with Crippen molar-refractivity contribution in [3.05, 3.63) is 36.2 Å². The number of morpholine rings is 1. The summed E-state index contributed by atoms with van der Waals surface area (Å²) in [6.45, 7) is 6.05. The molecule has 1 saturated heterocycles. The van der Waals surface area contributed by atoms with Gasteiger partial charge in [0.25, 0.3) is 0 Å². The lowest BCUT2D eigenvalue weighted by Crippen LogP contribution is -2.46. The maximum atomic E-state index is 5.88. The van der Waals surface area contributed by atoms with Gasteiger partial charge in [0.1, 0.15) is 5.76 Å². The molecule has 0 radical (unpaired) electrons. The monoisotopic (exact) mass is 317 g/mol. The molecule has 7 heteroatoms. The third kappa shape index (κ3) is 4.27. The van der Waals surface area contributed by atoms with E-state index in [9.17, 15) is 0 Å². The molecule has 124 valence electrons. The average molecular weight is 317 g/mol. The number of hydrogen-bond donors (Lipinski definition) is 0. The minimum Gasteiger partial charge on any atom is -0.444 e. The molecule has 23 heavy (non-hydrogen) atoms. The number of ether oxygens (including phenoxy) is 1. The predicted molar refractivity (Wildman–Crippen MR) is 86.2 cm³/mol. The van der Waals surface area contributed by atoms with E-state index in [1.165, 1.54) is 0 Å². The minimum absolute atomic E-state index is 0.136. The third-order valence-electron chi connectivity index (χ3n) is 3.96. The molecule has 2 aromatic heterocycles. The van der Waals surface area contributed by atoms with Gasteiger partial charge >= 0.3 is 0 Å². The highest BCUT2D eigenvalue weighted by atomic mass is 16.5. The number of aryl methyl sites for hydroxylation is 1. The molecule has 0 aromatic carbocycles. The zero-order valence-electron chi connectivity index (χ0n) is 13.7. The molecule has 2 aromatic rings. The minimum atomic E-state index is 0.136. The predicted octanol–water partition coefficient (Wildman–Crippen LogP) is 1.36. The Balaban J connectivity index is 1.53. The van der Waals surface area contributed by atoms with E-state index in [-0.39, 0.29) is 6.10 Å². The van der Waals surface area contributed by atoms with Crippen LogP contribution in [0.5, 0.6) is 0 Å². The molecular weight excluding hydrogens is 294 g/mol. The van der Waals surface area contributed by atoms with Crippen molar-refractivity contribution in [2.45, 2.75) is 26.0 Å². The second kappa shape index (κ2) is 7.52. The normalized spacial score (nSPS) is 19.0. The van der Waals surface area contributed by atoms with Crippen molar-refractivity contribution in [1.29, 1.82) is 0 Å². The molecular formula is C16H23N5O2. The van der Waals surface area contributed by atoms with Crippen LogP contribution >= 0.6 is 0 Å². The molecule has 0 saturated carbocycles. The van der Waals surface area contributed by atoms with Gasteiger partial charge in [-0.3, -0.25) is 4.90 Å². The second-order valence-electron chi connectivity index (χ2n) is 5.76. The SMILES string of the molecule is CCc1cnc(CN2CCO[C@@H](CN(C)c3cccnn3)C2)o1. The lowest BCUT2D eigenvalue weighted by atomic mass is 10.2. The van der Waals surface area contributed by atoms with Crippen LogP contribution in [0.4, 0.5) is 5.82 Å². The lowest BCUT2D eigenvalue weighted by molar-refractivity contribution is -0.0288. The van der Waals surface area contributed by atoms with Crippen LogP contribution in [0.25, 0.3) is 0 Å². The Morgan fingerprint density at radius 2 is 2.35 bits per heavy atom. The van der Waals surface area contributed by atoms with Crippen molar-refractivity contribution in [2.24, 2.45) is 0 Å². The summed E-state index contributed by atoms with van der Waals surface area (Å²) in [6, 6.07) is 3.84. The Morgan fingerprint density at radius 3 is 3.09 bits per heavy atom. The van der Waals surface area contributed by atoms with Crippen LogP contribution in [0, 0.1) is 0 Å². The number of likely N-dealkylation sites (N-methyl/N-ethyl adjacent to an activating group) is 1. The van der Waals surface area contributed by atoms with E-state index in [2.05, 4.69) is 31.9 Å². The Morgan fingerprint density at radius 1 is 1.43 bits per heavy atom. The van der Waals surface area contributed by atoms with Crippen molar-refractivity contribution in [2.75, 3.05) is 38.2 Å². The number of aromatic nitrogens is 3. The first-order chi connectivity index (χ1) is 11.2. The highest BCUT2D eigenvalue weighted by Gasteiger charge is 2.23. The van der Waals surface area contributed by atoms with Gasteiger partial charge in [0.2, 0.25) is 5.89 Å². The Labute approximate surface area is 136 Å². The standard InChI is InChI=1S/C16H23N5O2/c1-3-13-9-17-16(23-13)12-21-7-8-22-14(11-21)10-20(2)15-5-4-6-18-19-15/h4-6,9,14H,3,7-8,10-12H2,1-2H3/t14-/m0/s1. The Kier molecular flexibility index (Phi) is 5.19. The molecule has 1 aliphatic rings. The maximum Gasteiger partial charge on any atom is 0.208 e. The molecule has 0 bridgehead atoms. The zero-order chi connectivity index (χ0) is 16.1. The van der Waals surface area contributed by atoms with E-state index >= 15 is 0 Å². The van der Waals surface area contributed by atoms with Crippen LogP contribution in [0.1, 0.15) is 18.6 Å². The lowest BCUT2D eigenvalue weighted by Gasteiger charge is -2.34. The molecule has 3 heterocycles. The number of hydrogen-bond acceptors (Lipinski definition) is 7. The van der Waals surface area contributed by atoms with Crippen LogP contribution in [0.2, 0.25) is 0 Å². The maximum absolute atomic E-state index is 5.88. The Bertz CT molecular complexity index is 604. The van der Waals surface area contributed by atoms with Gasteiger partial charge < -0.3 is 14.1 Å². The summed E-state index contributed by atoms with van der Waals surface area (Å²) >= 11 is 0. The van der Waals surface area contributed by atoms with E-state index in [1.807, 2.05) is 25.4 Å². The fourth-order valence-corrected chi connectivity index (χ4v) is 2.71. The summed E-state index contributed by atoms with van der Waals surface area (Å²) in [5.74, 6) is 2.57. The van der Waals surface area contributed by atoms with Gasteiger partial charge in [-0.2, -0.15) is 5.10 Å². The number of oxazole rings is 1. The van der Waals surface area contributed by atoms with Crippen LogP contribution in [0.15, 0.2) is 28.9 Å². The summed E-state index contributed by atoms with van der Waals surface area (Å²) < 4.78 is 11.6. The fourth-order valence-electron chi connectivity index (χ4n) is 2.71. The van der Waals surface area contributed by atoms with Crippen molar-refractivity contribution in [3.8, 4) is 0 Å². The largest absolute Gasteiger partial charge is 0.444 e. The molecule has 1 fully saturated rings. The van der Waals surface area contributed by atoms with Crippen molar-refractivity contribution < 1.29 is 9.15 Å². The van der Waals surface area contributed by atoms with Gasteiger partial charge in [0.05, 0.1) is 25.5 Å². The first-order valence-electron chi connectivity index (χ1n) is 8.01. The summed E-state index contributed by atoms with van der Waals surface area (Å²) in [7, 11) is 2.01. The van der Waals surface area contributed by atoms with Gasteiger partial charge in [0.15, 0.2) is 5.82 Å². The summed E-state index contributed by atoms with van der Waals surface area (Å²) in [5.41, 5.74) is 0. The number of nitrogens with zero attached hydrogens (tertiary/aromatic N) is 5. The zero-order valence-corrected chi connectivity index (χ0v) is 13.7. The van der Waals surface area contributed by atoms with Crippen molar-refractivity contribution in [1.82, 2.24) is 20.1 Å². The van der Waals surface area contributed by atoms with Crippen molar-refractivity contribution >= 4 is 5.82 Å². The topological polar surface area (TPSA) is 67.5 Å². The quantitative estimate of drug-likeness (QED) is 0.797. The molecule has 3 rings (SSSR count). The third-order valence-corrected chi connectivity index (χ3v) is 3.96. The fraction of sp³-hybridized carbons (Fsp3) is 0.562. The highest BCUT2D eigenvalue weighted by molar-refractivity contribution is 5.35. The molecule has 1 atom stereocenters. The molecule has 0 N–H and O–H groups in total. The van der Waals surface area contributed by atoms with Crippen molar-refractivity contribution in [3.63, 3.8) is 0 Å². The van der Waals surface area contributed by atoms with E-state index < -0.39 is 0 Å². The van der Waals surface area contributed by atoms with Crippen LogP contribution < -0.4 is 4.90 Å². The van der Waals surface area contributed by atoms with E-state index in [1.54, 1.807) is 6.20 Å². The molecule has 0 spiro atoms. The number of anilines is 1. The summed E-state index contributed by atoms with van der Waals surface area (Å²) in [6.07, 6.45) is 4.50. The summed E-state index contributed by atoms with van der Waals surface area (Å²) in [4.78, 5) is 8.73. The van der Waals surface area contributed by atoms with Gasteiger partial charge in [-0.05, 0) is 12.1 Å². The first kappa shape index (κ1) is 15.9. The molecule has 1 aliphatic heterocycles. The summed E-state index contributed by atoms with van der Waals surface area (Å²) in [5, 5.41) is 8.04. The number of rotatable bonds is 6. The van der Waals surface area contributed by atoms with E-state index in [0.29, 0.717) is 0 Å². The van der Waals surface area contributed by atoms with Gasteiger partial charge in [-0.15, -0.1) is 5.10 Å². The molecule has 0 unspecified atom stereocenters. The molecule has 0 aliphatic carbocycles. The first-order valence-corrected chi connectivity index (χ1v) is 8.01.